The van der Waals surface area contributed by atoms with E-state index >= 15 is 0 Å². The zero-order chi connectivity index (χ0) is 41.6. The molecule has 0 bridgehead atoms. The summed E-state index contributed by atoms with van der Waals surface area (Å²) in [5.74, 6) is 1.84. The second-order valence-electron chi connectivity index (χ2n) is 19.8. The van der Waals surface area contributed by atoms with Gasteiger partial charge in [-0.1, -0.05) is 174 Å². The Hall–Kier alpha value is -5.81. The Kier molecular flexibility index (Phi) is 10.6. The maximum atomic E-state index is 5.23. The van der Waals surface area contributed by atoms with Gasteiger partial charge in [-0.3, -0.25) is 0 Å². The predicted molar refractivity (Wildman–Crippen MR) is 243 cm³/mol. The van der Waals surface area contributed by atoms with Crippen LogP contribution in [0, 0.1) is 0 Å². The summed E-state index contributed by atoms with van der Waals surface area (Å²) < 4.78 is 0. The average Bonchev–Trinajstić information content (AvgIpc) is 3.19. The topological polar surface area (TPSA) is 64.5 Å². The van der Waals surface area contributed by atoms with Crippen molar-refractivity contribution in [1.29, 1.82) is 0 Å². The summed E-state index contributed by atoms with van der Waals surface area (Å²) in [4.78, 5) is 24.1. The molecule has 58 heavy (non-hydrogen) atoms. The van der Waals surface area contributed by atoms with Crippen molar-refractivity contribution in [2.45, 2.75) is 105 Å². The Morgan fingerprint density at radius 3 is 0.862 bits per heavy atom. The van der Waals surface area contributed by atoms with Gasteiger partial charge < -0.3 is 0 Å². The van der Waals surface area contributed by atoms with Crippen molar-refractivity contribution in [1.82, 2.24) is 24.9 Å². The van der Waals surface area contributed by atoms with Gasteiger partial charge in [0.05, 0.1) is 0 Å². The summed E-state index contributed by atoms with van der Waals surface area (Å²) in [6.07, 6.45) is 5.20. The van der Waals surface area contributed by atoms with Crippen molar-refractivity contribution in [3.8, 4) is 67.5 Å². The van der Waals surface area contributed by atoms with Gasteiger partial charge in [0.2, 0.25) is 0 Å². The molecule has 0 saturated carbocycles. The lowest BCUT2D eigenvalue weighted by molar-refractivity contribution is 0.568. The molecule has 0 aliphatic carbocycles. The SMILES string of the molecule is CC(C)(C)c1cc(-c2cccc(-c3nc(-c4cccc(-c5cncnc5)c4)nc(-c4cccc(-c5cc(C(C)(C)C)cc(C(C)(C)C)c5)c4)n3)c2)cc(C(C)(C)C)c1. The summed E-state index contributed by atoms with van der Waals surface area (Å²) in [7, 11) is 0. The average molecular weight is 764 g/mol. The smallest absolute Gasteiger partial charge is 0.164 e. The third-order valence-corrected chi connectivity index (χ3v) is 10.9. The molecular weight excluding hydrogens is 707 g/mol. The second kappa shape index (κ2) is 15.2. The van der Waals surface area contributed by atoms with E-state index in [2.05, 4.69) is 196 Å². The van der Waals surface area contributed by atoms with Crippen molar-refractivity contribution in [3.05, 3.63) is 150 Å². The van der Waals surface area contributed by atoms with Crippen LogP contribution in [0.5, 0.6) is 0 Å². The van der Waals surface area contributed by atoms with Crippen LogP contribution >= 0.6 is 0 Å². The molecule has 0 fully saturated rings. The van der Waals surface area contributed by atoms with Crippen LogP contribution in [0.2, 0.25) is 0 Å². The van der Waals surface area contributed by atoms with Crippen molar-refractivity contribution < 1.29 is 0 Å². The van der Waals surface area contributed by atoms with Crippen LogP contribution in [-0.2, 0) is 21.7 Å². The zero-order valence-electron chi connectivity index (χ0n) is 36.4. The van der Waals surface area contributed by atoms with E-state index in [0.29, 0.717) is 17.5 Å². The number of nitrogens with zero attached hydrogens (tertiary/aromatic N) is 5. The Morgan fingerprint density at radius 1 is 0.293 bits per heavy atom. The number of rotatable bonds is 6. The Bertz CT molecular complexity index is 2390. The summed E-state index contributed by atoms with van der Waals surface area (Å²) in [5, 5.41) is 0. The second-order valence-corrected chi connectivity index (χ2v) is 19.8. The minimum Gasteiger partial charge on any atom is -0.244 e. The molecule has 0 aliphatic heterocycles. The van der Waals surface area contributed by atoms with Crippen LogP contribution in [0.1, 0.15) is 105 Å². The van der Waals surface area contributed by atoms with Gasteiger partial charge in [0, 0.05) is 34.6 Å². The molecule has 0 aliphatic rings. The summed E-state index contributed by atoms with van der Waals surface area (Å²) in [5.41, 5.74) is 14.6. The van der Waals surface area contributed by atoms with E-state index < -0.39 is 0 Å². The molecule has 0 N–H and O–H groups in total. The van der Waals surface area contributed by atoms with Crippen molar-refractivity contribution >= 4 is 0 Å². The van der Waals surface area contributed by atoms with Gasteiger partial charge in [-0.15, -0.1) is 0 Å². The first-order chi connectivity index (χ1) is 27.2. The van der Waals surface area contributed by atoms with Crippen molar-refractivity contribution in [2.24, 2.45) is 0 Å². The van der Waals surface area contributed by atoms with Gasteiger partial charge in [-0.05, 0) is 89.9 Å². The van der Waals surface area contributed by atoms with Gasteiger partial charge in [-0.25, -0.2) is 24.9 Å². The lowest BCUT2D eigenvalue weighted by Crippen LogP contribution is -2.16. The third-order valence-electron chi connectivity index (χ3n) is 10.9. The summed E-state index contributed by atoms with van der Waals surface area (Å²) in [6, 6.07) is 39.6. The minimum atomic E-state index is 0.00293. The number of benzene rings is 5. The molecule has 294 valence electrons. The molecule has 0 radical (unpaired) electrons. The van der Waals surface area contributed by atoms with Gasteiger partial charge in [0.25, 0.3) is 0 Å². The van der Waals surface area contributed by atoms with Crippen molar-refractivity contribution in [2.75, 3.05) is 0 Å². The highest BCUT2D eigenvalue weighted by atomic mass is 15.0. The van der Waals surface area contributed by atoms with Gasteiger partial charge in [0.15, 0.2) is 17.5 Å². The number of hydrogen-bond donors (Lipinski definition) is 0. The van der Waals surface area contributed by atoms with Crippen molar-refractivity contribution in [3.63, 3.8) is 0 Å². The fraction of sp³-hybridized carbons (Fsp3) is 0.302. The Labute approximate surface area is 346 Å². The fourth-order valence-electron chi connectivity index (χ4n) is 7.05. The van der Waals surface area contributed by atoms with Gasteiger partial charge in [0.1, 0.15) is 6.33 Å². The fourth-order valence-corrected chi connectivity index (χ4v) is 7.05. The zero-order valence-corrected chi connectivity index (χ0v) is 36.4. The molecule has 0 atom stereocenters. The van der Waals surface area contributed by atoms with Gasteiger partial charge in [-0.2, -0.15) is 0 Å². The first-order valence-corrected chi connectivity index (χ1v) is 20.4. The van der Waals surface area contributed by atoms with Crippen LogP contribution in [0.15, 0.2) is 128 Å². The number of hydrogen-bond acceptors (Lipinski definition) is 5. The lowest BCUT2D eigenvalue weighted by Gasteiger charge is -2.26. The highest BCUT2D eigenvalue weighted by molar-refractivity contribution is 5.77. The Morgan fingerprint density at radius 2 is 0.569 bits per heavy atom. The largest absolute Gasteiger partial charge is 0.244 e. The first kappa shape index (κ1) is 40.4. The summed E-state index contributed by atoms with van der Waals surface area (Å²) in [6.45, 7) is 27.4. The van der Waals surface area contributed by atoms with E-state index in [0.717, 1.165) is 38.9 Å². The molecule has 0 spiro atoms. The van der Waals surface area contributed by atoms with E-state index in [1.807, 2.05) is 18.5 Å². The van der Waals surface area contributed by atoms with Crippen LogP contribution in [-0.4, -0.2) is 24.9 Å². The van der Waals surface area contributed by atoms with Crippen LogP contribution in [0.3, 0.4) is 0 Å². The molecule has 0 unspecified atom stereocenters. The van der Waals surface area contributed by atoms with Gasteiger partial charge >= 0.3 is 0 Å². The van der Waals surface area contributed by atoms with E-state index in [4.69, 9.17) is 15.0 Å². The highest BCUT2D eigenvalue weighted by Gasteiger charge is 2.23. The molecule has 7 aromatic rings. The highest BCUT2D eigenvalue weighted by Crippen LogP contribution is 2.38. The molecule has 7 rings (SSSR count). The molecule has 2 heterocycles. The van der Waals surface area contributed by atoms with E-state index in [-0.39, 0.29) is 21.7 Å². The van der Waals surface area contributed by atoms with Crippen LogP contribution in [0.4, 0.5) is 0 Å². The molecule has 0 saturated heterocycles. The molecular formula is C53H57N5. The van der Waals surface area contributed by atoms with Crippen LogP contribution in [0.25, 0.3) is 67.5 Å². The maximum absolute atomic E-state index is 5.23. The quantitative estimate of drug-likeness (QED) is 0.169. The molecule has 5 nitrogen and oxygen atoms in total. The van der Waals surface area contributed by atoms with E-state index in [9.17, 15) is 0 Å². The standard InChI is InChI=1S/C53H57N5/c1-50(2,3)43-25-40(26-44(29-43)51(4,5)6)34-16-13-19-37(22-34)47-56-48(58-49(57-47)39-21-15-18-36(24-39)42-31-54-33-55-32-42)38-20-14-17-35(23-38)41-27-45(52(7,8)9)30-46(28-41)53(10,11)12/h13-33H,1-12H3. The monoisotopic (exact) mass is 763 g/mol. The molecule has 5 heteroatoms. The first-order valence-electron chi connectivity index (χ1n) is 20.4. The minimum absolute atomic E-state index is 0.00293. The van der Waals surface area contributed by atoms with Crippen LogP contribution < -0.4 is 0 Å². The predicted octanol–water partition coefficient (Wildman–Crippen LogP) is 13.9. The molecule has 5 aromatic carbocycles. The summed E-state index contributed by atoms with van der Waals surface area (Å²) >= 11 is 0. The number of aromatic nitrogens is 5. The lowest BCUT2D eigenvalue weighted by atomic mass is 9.79. The van der Waals surface area contributed by atoms with E-state index in [1.165, 1.54) is 33.4 Å². The normalized spacial score (nSPS) is 12.5. The maximum Gasteiger partial charge on any atom is 0.164 e. The third kappa shape index (κ3) is 9.00. The Balaban J connectivity index is 1.40. The molecule has 0 amide bonds. The van der Waals surface area contributed by atoms with E-state index in [1.54, 1.807) is 6.33 Å². The molecule has 2 aromatic heterocycles.